The fourth-order valence-corrected chi connectivity index (χ4v) is 2.64. The molecule has 1 rings (SSSR count). The Balaban J connectivity index is 2.94. The Morgan fingerprint density at radius 2 is 1.73 bits per heavy atom. The van der Waals surface area contributed by atoms with E-state index in [4.69, 9.17) is 14.6 Å². The second-order valence-electron chi connectivity index (χ2n) is 6.10. The highest BCUT2D eigenvalue weighted by molar-refractivity contribution is 5.81. The van der Waals surface area contributed by atoms with Crippen molar-refractivity contribution in [3.63, 3.8) is 0 Å². The first-order chi connectivity index (χ1) is 12.2. The van der Waals surface area contributed by atoms with Crippen LogP contribution in [0.15, 0.2) is 0 Å². The van der Waals surface area contributed by atoms with Crippen LogP contribution in [0.1, 0.15) is 20.3 Å². The molecule has 9 atom stereocenters. The van der Waals surface area contributed by atoms with Crippen LogP contribution in [0.4, 0.5) is 0 Å². The highest BCUT2D eigenvalue weighted by Crippen LogP contribution is 2.26. The highest BCUT2D eigenvalue weighted by Gasteiger charge is 2.46. The maximum atomic E-state index is 11.7. The molecule has 0 aromatic rings. The summed E-state index contributed by atoms with van der Waals surface area (Å²) in [7, 11) is 0. The SMILES string of the molecule is CCNC(=O)C(O)C(O)C(O[C@H]1OC(CC)[C@@H](O)C(O)[C@H]1O)C(O)CO. The number of aliphatic hydroxyl groups is 7. The van der Waals surface area contributed by atoms with Crippen LogP contribution >= 0.6 is 0 Å². The third-order valence-corrected chi connectivity index (χ3v) is 4.21. The molecule has 1 aliphatic heterocycles. The number of amides is 1. The fourth-order valence-electron chi connectivity index (χ4n) is 2.64. The molecule has 1 amide bonds. The van der Waals surface area contributed by atoms with Gasteiger partial charge in [-0.2, -0.15) is 0 Å². The normalized spacial score (nSPS) is 34.0. The van der Waals surface area contributed by atoms with Crippen molar-refractivity contribution in [1.29, 1.82) is 0 Å². The molecular weight excluding hydrogens is 354 g/mol. The molecule has 1 aliphatic rings. The fraction of sp³-hybridized carbons (Fsp3) is 0.933. The van der Waals surface area contributed by atoms with Gasteiger partial charge in [-0.15, -0.1) is 0 Å². The lowest BCUT2D eigenvalue weighted by Gasteiger charge is -2.42. The van der Waals surface area contributed by atoms with Crippen molar-refractivity contribution >= 4 is 5.91 Å². The Labute approximate surface area is 150 Å². The maximum Gasteiger partial charge on any atom is 0.251 e. The molecule has 26 heavy (non-hydrogen) atoms. The van der Waals surface area contributed by atoms with Crippen molar-refractivity contribution in [2.75, 3.05) is 13.2 Å². The summed E-state index contributed by atoms with van der Waals surface area (Å²) in [6, 6.07) is 0. The van der Waals surface area contributed by atoms with E-state index in [0.29, 0.717) is 0 Å². The van der Waals surface area contributed by atoms with Crippen molar-refractivity contribution in [3.8, 4) is 0 Å². The second kappa shape index (κ2) is 10.4. The number of hydrogen-bond donors (Lipinski definition) is 8. The van der Waals surface area contributed by atoms with Gasteiger partial charge in [-0.3, -0.25) is 4.79 Å². The zero-order valence-electron chi connectivity index (χ0n) is 14.7. The number of ether oxygens (including phenoxy) is 2. The lowest BCUT2D eigenvalue weighted by molar-refractivity contribution is -0.323. The molecule has 11 heteroatoms. The minimum absolute atomic E-state index is 0.184. The molecule has 0 aliphatic carbocycles. The Bertz CT molecular complexity index is 437. The van der Waals surface area contributed by atoms with E-state index in [0.717, 1.165) is 0 Å². The van der Waals surface area contributed by atoms with E-state index in [9.17, 15) is 35.4 Å². The molecule has 8 N–H and O–H groups in total. The van der Waals surface area contributed by atoms with E-state index in [1.165, 1.54) is 0 Å². The zero-order chi connectivity index (χ0) is 20.0. The molecule has 0 bridgehead atoms. The van der Waals surface area contributed by atoms with Crippen LogP contribution < -0.4 is 5.32 Å². The number of carbonyl (C=O) groups excluding carboxylic acids is 1. The Kier molecular flexibility index (Phi) is 9.30. The number of carbonyl (C=O) groups is 1. The van der Waals surface area contributed by atoms with Crippen molar-refractivity contribution in [1.82, 2.24) is 5.32 Å². The van der Waals surface area contributed by atoms with Crippen LogP contribution in [-0.2, 0) is 14.3 Å². The summed E-state index contributed by atoms with van der Waals surface area (Å²) in [5.41, 5.74) is 0. The van der Waals surface area contributed by atoms with Gasteiger partial charge < -0.3 is 50.5 Å². The Morgan fingerprint density at radius 3 is 2.23 bits per heavy atom. The van der Waals surface area contributed by atoms with Crippen LogP contribution in [-0.4, -0.2) is 110 Å². The van der Waals surface area contributed by atoms with E-state index in [2.05, 4.69) is 5.32 Å². The van der Waals surface area contributed by atoms with Gasteiger partial charge in [0, 0.05) is 6.54 Å². The molecule has 1 fully saturated rings. The van der Waals surface area contributed by atoms with Gasteiger partial charge in [0.15, 0.2) is 12.4 Å². The molecule has 0 saturated carbocycles. The predicted octanol–water partition coefficient (Wildman–Crippen LogP) is -4.20. The number of aliphatic hydroxyl groups excluding tert-OH is 7. The average molecular weight is 383 g/mol. The molecule has 11 nitrogen and oxygen atoms in total. The molecule has 0 aromatic heterocycles. The van der Waals surface area contributed by atoms with Gasteiger partial charge in [0.2, 0.25) is 0 Å². The quantitative estimate of drug-likeness (QED) is 0.194. The maximum absolute atomic E-state index is 11.7. The number of likely N-dealkylation sites (N-methyl/N-ethyl adjacent to an activating group) is 1. The first-order valence-electron chi connectivity index (χ1n) is 8.47. The summed E-state index contributed by atoms with van der Waals surface area (Å²) in [5.74, 6) is -0.925. The van der Waals surface area contributed by atoms with Gasteiger partial charge in [-0.25, -0.2) is 0 Å². The predicted molar refractivity (Wildman–Crippen MR) is 85.6 cm³/mol. The third-order valence-electron chi connectivity index (χ3n) is 4.21. The van der Waals surface area contributed by atoms with Gasteiger partial charge in [0.05, 0.1) is 12.7 Å². The summed E-state index contributed by atoms with van der Waals surface area (Å²) < 4.78 is 10.6. The molecule has 1 heterocycles. The van der Waals surface area contributed by atoms with E-state index < -0.39 is 67.6 Å². The van der Waals surface area contributed by atoms with E-state index >= 15 is 0 Å². The largest absolute Gasteiger partial charge is 0.394 e. The van der Waals surface area contributed by atoms with Crippen LogP contribution in [0.25, 0.3) is 0 Å². The lowest BCUT2D eigenvalue weighted by atomic mass is 9.97. The zero-order valence-corrected chi connectivity index (χ0v) is 14.7. The van der Waals surface area contributed by atoms with E-state index in [1.807, 2.05) is 0 Å². The lowest BCUT2D eigenvalue weighted by Crippen LogP contribution is -2.61. The van der Waals surface area contributed by atoms with Crippen molar-refractivity contribution in [2.45, 2.75) is 75.4 Å². The molecule has 0 spiro atoms. The smallest absolute Gasteiger partial charge is 0.251 e. The Hall–Kier alpha value is -0.890. The van der Waals surface area contributed by atoms with Crippen molar-refractivity contribution in [3.05, 3.63) is 0 Å². The molecular formula is C15H29NO10. The van der Waals surface area contributed by atoms with E-state index in [1.54, 1.807) is 13.8 Å². The highest BCUT2D eigenvalue weighted by atomic mass is 16.7. The summed E-state index contributed by atoms with van der Waals surface area (Å²) in [4.78, 5) is 11.7. The summed E-state index contributed by atoms with van der Waals surface area (Å²) in [5, 5.41) is 71.1. The van der Waals surface area contributed by atoms with Gasteiger partial charge in [0.25, 0.3) is 5.91 Å². The molecule has 1 saturated heterocycles. The minimum atomic E-state index is -1.99. The topological polar surface area (TPSA) is 189 Å². The van der Waals surface area contributed by atoms with Crippen LogP contribution in [0.5, 0.6) is 0 Å². The van der Waals surface area contributed by atoms with Gasteiger partial charge in [-0.1, -0.05) is 6.92 Å². The molecule has 0 radical (unpaired) electrons. The molecule has 6 unspecified atom stereocenters. The minimum Gasteiger partial charge on any atom is -0.394 e. The molecule has 0 aromatic carbocycles. The number of nitrogens with one attached hydrogen (secondary N) is 1. The van der Waals surface area contributed by atoms with Crippen LogP contribution in [0.2, 0.25) is 0 Å². The number of rotatable bonds is 9. The van der Waals surface area contributed by atoms with Gasteiger partial charge >= 0.3 is 0 Å². The second-order valence-corrected chi connectivity index (χ2v) is 6.10. The van der Waals surface area contributed by atoms with Crippen LogP contribution in [0.3, 0.4) is 0 Å². The third kappa shape index (κ3) is 5.31. The van der Waals surface area contributed by atoms with Gasteiger partial charge in [0.1, 0.15) is 36.6 Å². The molecule has 154 valence electrons. The first-order valence-corrected chi connectivity index (χ1v) is 8.47. The standard InChI is InChI=1S/C15H29NO10/c1-3-7-8(19)9(20)12(23)15(25-7)26-13(6(18)5-17)10(21)11(22)14(24)16-4-2/h6-13,15,17-23H,3-5H2,1-2H3,(H,16,24)/t6?,7?,8-,9?,10?,11?,12-,13?,15-/m1/s1. The van der Waals surface area contributed by atoms with Gasteiger partial charge in [-0.05, 0) is 13.3 Å². The number of hydrogen-bond acceptors (Lipinski definition) is 10. The monoisotopic (exact) mass is 383 g/mol. The average Bonchev–Trinajstić information content (AvgIpc) is 2.64. The van der Waals surface area contributed by atoms with Crippen molar-refractivity contribution < 1.29 is 50.0 Å². The van der Waals surface area contributed by atoms with Crippen LogP contribution in [0, 0.1) is 0 Å². The summed E-state index contributed by atoms with van der Waals surface area (Å²) >= 11 is 0. The van der Waals surface area contributed by atoms with E-state index in [-0.39, 0.29) is 13.0 Å². The summed E-state index contributed by atoms with van der Waals surface area (Å²) in [6.07, 6.45) is -14.3. The summed E-state index contributed by atoms with van der Waals surface area (Å²) in [6.45, 7) is 2.55. The Morgan fingerprint density at radius 1 is 1.12 bits per heavy atom. The van der Waals surface area contributed by atoms with Crippen molar-refractivity contribution in [2.24, 2.45) is 0 Å². The first kappa shape index (κ1) is 23.1.